The first-order valence-electron chi connectivity index (χ1n) is 7.01. The number of hydrogen-bond acceptors (Lipinski definition) is 2. The smallest absolute Gasteiger partial charge is 0.104 e. The molecule has 1 aliphatic heterocycles. The van der Waals surface area contributed by atoms with Gasteiger partial charge < -0.3 is 9.64 Å². The zero-order valence-corrected chi connectivity index (χ0v) is 13.3. The summed E-state index contributed by atoms with van der Waals surface area (Å²) in [5.74, 6) is 1.18. The fraction of sp³-hybridized carbons (Fsp3) is 0.600. The number of thioether (sulfide) groups is 1. The van der Waals surface area contributed by atoms with E-state index in [1.807, 2.05) is 23.9 Å². The molecule has 1 N–H and O–H groups in total. The van der Waals surface area contributed by atoms with Gasteiger partial charge in [-0.1, -0.05) is 11.6 Å². The highest BCUT2D eigenvalue weighted by molar-refractivity contribution is 7.99. The molecule has 0 unspecified atom stereocenters. The van der Waals surface area contributed by atoms with Crippen LogP contribution in [-0.2, 0) is 4.74 Å². The summed E-state index contributed by atoms with van der Waals surface area (Å²) in [7, 11) is 0. The topological polar surface area (TPSA) is 13.7 Å². The third-order valence-electron chi connectivity index (χ3n) is 3.37. The van der Waals surface area contributed by atoms with Crippen LogP contribution in [0.1, 0.15) is 20.3 Å². The summed E-state index contributed by atoms with van der Waals surface area (Å²) in [6, 6.07) is 8.11. The summed E-state index contributed by atoms with van der Waals surface area (Å²) in [5.41, 5.74) is 0. The molecule has 0 radical (unpaired) electrons. The molecule has 19 heavy (non-hydrogen) atoms. The van der Waals surface area contributed by atoms with E-state index < -0.39 is 0 Å². The van der Waals surface area contributed by atoms with Crippen LogP contribution in [0.5, 0.6) is 0 Å². The average Bonchev–Trinajstić information content (AvgIpc) is 2.36. The van der Waals surface area contributed by atoms with Crippen LogP contribution in [0.15, 0.2) is 29.2 Å². The first-order valence-corrected chi connectivity index (χ1v) is 8.37. The van der Waals surface area contributed by atoms with Crippen molar-refractivity contribution in [1.82, 2.24) is 0 Å². The van der Waals surface area contributed by atoms with E-state index >= 15 is 0 Å². The summed E-state index contributed by atoms with van der Waals surface area (Å²) in [4.78, 5) is 2.99. The summed E-state index contributed by atoms with van der Waals surface area (Å²) in [6.07, 6.45) is 2.06. The Bertz CT molecular complexity index is 374. The van der Waals surface area contributed by atoms with Gasteiger partial charge in [0.05, 0.1) is 6.54 Å². The predicted octanol–water partition coefficient (Wildman–Crippen LogP) is 2.51. The van der Waals surface area contributed by atoms with Gasteiger partial charge in [-0.25, -0.2) is 0 Å². The molecular weight excluding hydrogens is 278 g/mol. The Hall–Kier alpha value is -0.220. The van der Waals surface area contributed by atoms with Crippen LogP contribution >= 0.6 is 23.4 Å². The molecule has 106 valence electrons. The number of quaternary nitrogens is 1. The highest BCUT2D eigenvalue weighted by Gasteiger charge is 2.24. The summed E-state index contributed by atoms with van der Waals surface area (Å²) in [5, 5.41) is 0.810. The van der Waals surface area contributed by atoms with E-state index in [0.29, 0.717) is 12.2 Å². The van der Waals surface area contributed by atoms with Gasteiger partial charge >= 0.3 is 0 Å². The van der Waals surface area contributed by atoms with E-state index in [9.17, 15) is 0 Å². The van der Waals surface area contributed by atoms with E-state index in [1.165, 1.54) is 23.6 Å². The van der Waals surface area contributed by atoms with Crippen molar-refractivity contribution in [2.24, 2.45) is 0 Å². The lowest BCUT2D eigenvalue weighted by Gasteiger charge is -2.32. The van der Waals surface area contributed by atoms with Crippen molar-refractivity contribution in [3.8, 4) is 0 Å². The van der Waals surface area contributed by atoms with Crippen LogP contribution in [0.3, 0.4) is 0 Å². The lowest BCUT2D eigenvalue weighted by atomic mass is 10.2. The molecule has 0 bridgehead atoms. The number of hydrogen-bond donors (Lipinski definition) is 1. The summed E-state index contributed by atoms with van der Waals surface area (Å²) in [6.45, 7) is 7.90. The summed E-state index contributed by atoms with van der Waals surface area (Å²) >= 11 is 7.79. The first kappa shape index (κ1) is 15.2. The third-order valence-corrected chi connectivity index (χ3v) is 4.72. The van der Waals surface area contributed by atoms with Crippen molar-refractivity contribution in [3.05, 3.63) is 29.3 Å². The molecule has 4 heteroatoms. The molecule has 0 aliphatic carbocycles. The minimum Gasteiger partial charge on any atom is -0.364 e. The van der Waals surface area contributed by atoms with Crippen molar-refractivity contribution in [2.45, 2.75) is 37.4 Å². The van der Waals surface area contributed by atoms with Crippen LogP contribution < -0.4 is 4.90 Å². The Kier molecular flexibility index (Phi) is 6.02. The number of benzene rings is 1. The van der Waals surface area contributed by atoms with Crippen LogP contribution in [0.2, 0.25) is 5.02 Å². The van der Waals surface area contributed by atoms with Gasteiger partial charge in [0.15, 0.2) is 0 Å². The maximum atomic E-state index is 5.88. The van der Waals surface area contributed by atoms with Crippen molar-refractivity contribution in [2.75, 3.05) is 25.4 Å². The molecular formula is C15H23ClNOS+. The van der Waals surface area contributed by atoms with Gasteiger partial charge in [0.25, 0.3) is 0 Å². The fourth-order valence-electron chi connectivity index (χ4n) is 2.64. The molecule has 0 spiro atoms. The molecule has 2 atom stereocenters. The maximum Gasteiger partial charge on any atom is 0.104 e. The van der Waals surface area contributed by atoms with E-state index in [0.717, 1.165) is 18.1 Å². The Morgan fingerprint density at radius 1 is 1.21 bits per heavy atom. The number of rotatable bonds is 5. The molecule has 0 amide bonds. The second-order valence-corrected chi connectivity index (χ2v) is 6.93. The molecule has 1 heterocycles. The van der Waals surface area contributed by atoms with Gasteiger partial charge in [0.2, 0.25) is 0 Å². The Balaban J connectivity index is 1.65. The third kappa shape index (κ3) is 5.35. The number of nitrogens with one attached hydrogen (secondary N) is 1. The van der Waals surface area contributed by atoms with Crippen molar-refractivity contribution in [3.63, 3.8) is 0 Å². The first-order chi connectivity index (χ1) is 9.13. The highest BCUT2D eigenvalue weighted by atomic mass is 35.5. The normalized spacial score (nSPS) is 27.4. The highest BCUT2D eigenvalue weighted by Crippen LogP contribution is 2.20. The number of ether oxygens (including phenoxy) is 1. The van der Waals surface area contributed by atoms with Gasteiger partial charge in [-0.15, -0.1) is 11.8 Å². The molecule has 0 saturated carbocycles. The van der Waals surface area contributed by atoms with Crippen molar-refractivity contribution in [1.29, 1.82) is 0 Å². The zero-order chi connectivity index (χ0) is 13.7. The quantitative estimate of drug-likeness (QED) is 0.663. The lowest BCUT2D eigenvalue weighted by Crippen LogP contribution is -3.15. The van der Waals surface area contributed by atoms with Gasteiger partial charge in [0.1, 0.15) is 25.3 Å². The fourth-order valence-corrected chi connectivity index (χ4v) is 3.62. The molecule has 1 aliphatic rings. The molecule has 1 saturated heterocycles. The molecule has 0 aromatic heterocycles. The molecule has 2 rings (SSSR count). The van der Waals surface area contributed by atoms with Gasteiger partial charge in [0, 0.05) is 22.1 Å². The second kappa shape index (κ2) is 7.53. The van der Waals surface area contributed by atoms with Crippen LogP contribution in [-0.4, -0.2) is 37.6 Å². The van der Waals surface area contributed by atoms with Gasteiger partial charge in [-0.3, -0.25) is 0 Å². The van der Waals surface area contributed by atoms with E-state index in [4.69, 9.17) is 16.3 Å². The standard InChI is InChI=1S/C15H22ClNOS/c1-12-10-17(11-13(2)18-12)8-3-9-19-15-6-4-14(16)5-7-15/h4-7,12-13H,3,8-11H2,1-2H3/p+1/t12-,13-/m1/s1. The van der Waals surface area contributed by atoms with Crippen LogP contribution in [0.25, 0.3) is 0 Å². The minimum atomic E-state index is 0.405. The number of halogens is 1. The van der Waals surface area contributed by atoms with Gasteiger partial charge in [-0.2, -0.15) is 0 Å². The zero-order valence-electron chi connectivity index (χ0n) is 11.7. The van der Waals surface area contributed by atoms with E-state index in [1.54, 1.807) is 4.90 Å². The SMILES string of the molecule is C[C@@H]1C[NH+](CCCSc2ccc(Cl)cc2)C[C@@H](C)O1. The Labute approximate surface area is 125 Å². The van der Waals surface area contributed by atoms with Crippen molar-refractivity contribution < 1.29 is 9.64 Å². The molecule has 1 aromatic carbocycles. The van der Waals surface area contributed by atoms with E-state index in [2.05, 4.69) is 26.0 Å². The molecule has 1 aromatic rings. The van der Waals surface area contributed by atoms with Crippen LogP contribution in [0, 0.1) is 0 Å². The minimum absolute atomic E-state index is 0.405. The second-order valence-electron chi connectivity index (χ2n) is 5.32. The Morgan fingerprint density at radius 3 is 2.47 bits per heavy atom. The van der Waals surface area contributed by atoms with Crippen LogP contribution in [0.4, 0.5) is 0 Å². The maximum absolute atomic E-state index is 5.88. The molecule has 1 fully saturated rings. The van der Waals surface area contributed by atoms with Crippen molar-refractivity contribution >= 4 is 23.4 Å². The molecule has 2 nitrogen and oxygen atoms in total. The predicted molar refractivity (Wildman–Crippen MR) is 82.4 cm³/mol. The number of morpholine rings is 1. The largest absolute Gasteiger partial charge is 0.364 e. The Morgan fingerprint density at radius 2 is 1.84 bits per heavy atom. The lowest BCUT2D eigenvalue weighted by molar-refractivity contribution is -0.915. The summed E-state index contributed by atoms with van der Waals surface area (Å²) < 4.78 is 5.76. The monoisotopic (exact) mass is 300 g/mol. The van der Waals surface area contributed by atoms with Gasteiger partial charge in [-0.05, 0) is 38.1 Å². The van der Waals surface area contributed by atoms with E-state index in [-0.39, 0.29) is 0 Å². The average molecular weight is 301 g/mol.